The van der Waals surface area contributed by atoms with E-state index >= 15 is 0 Å². The van der Waals surface area contributed by atoms with Gasteiger partial charge in [-0.25, -0.2) is 4.98 Å². The molecule has 0 radical (unpaired) electrons. The van der Waals surface area contributed by atoms with E-state index in [-0.39, 0.29) is 11.8 Å². The number of aromatic nitrogens is 1. The molecular weight excluding hydrogens is 689 g/mol. The fourth-order valence-electron chi connectivity index (χ4n) is 8.97. The normalized spacial score (nSPS) is 20.3. The molecule has 1 aromatic heterocycles. The first-order chi connectivity index (χ1) is 28.1. The van der Waals surface area contributed by atoms with Crippen LogP contribution in [0.15, 0.2) is 198 Å². The number of allylic oxidation sites excluding steroid dienone is 16. The number of dihydropyridines is 1. The number of hydrogen-bond donors (Lipinski definition) is 1. The summed E-state index contributed by atoms with van der Waals surface area (Å²) >= 11 is 0. The number of benzene rings is 4. The Bertz CT molecular complexity index is 2880. The number of fused-ring (bicyclic) bond motifs is 6. The van der Waals surface area contributed by atoms with Gasteiger partial charge < -0.3 is 5.32 Å². The Balaban J connectivity index is 1.13. The van der Waals surface area contributed by atoms with Gasteiger partial charge in [0.25, 0.3) is 0 Å². The minimum atomic E-state index is 0.188. The van der Waals surface area contributed by atoms with Crippen molar-refractivity contribution in [1.82, 2.24) is 10.3 Å². The topological polar surface area (TPSA) is 24.9 Å². The second-order valence-corrected chi connectivity index (χ2v) is 15.2. The van der Waals surface area contributed by atoms with Crippen LogP contribution >= 0.6 is 0 Å². The lowest BCUT2D eigenvalue weighted by Crippen LogP contribution is -2.20. The van der Waals surface area contributed by atoms with Gasteiger partial charge in [-0.1, -0.05) is 146 Å². The largest absolute Gasteiger partial charge is 0.354 e. The summed E-state index contributed by atoms with van der Waals surface area (Å²) in [5, 5.41) is 6.25. The molecule has 0 saturated carbocycles. The number of pyridine rings is 1. The standard InChI is InChI=1S/C55H42N2/c1-3-16-43-36(2)31-52(57-55(43)39-17-6-4-7-18-39)38-29-27-37(28-30-38)42-34-53(50-32-40-19-10-12-21-44(40)46-23-8-5-9-24-48(46)50)56-54(35-42)51-33-41-20-11-13-22-45(41)47-25-14-15-26-49(47)51/h3-8,10-17,19-35,47,49,57H,18H2,1-2H3/b16-3-,55-39-. The van der Waals surface area contributed by atoms with E-state index in [1.54, 1.807) is 0 Å². The lowest BCUT2D eigenvalue weighted by Gasteiger charge is -2.32. The van der Waals surface area contributed by atoms with Crippen molar-refractivity contribution < 1.29 is 0 Å². The van der Waals surface area contributed by atoms with Crippen molar-refractivity contribution in [3.05, 3.63) is 232 Å². The van der Waals surface area contributed by atoms with Crippen molar-refractivity contribution in [2.24, 2.45) is 5.92 Å². The molecule has 0 fully saturated rings. The molecule has 0 bridgehead atoms. The van der Waals surface area contributed by atoms with Crippen molar-refractivity contribution >= 4 is 40.3 Å². The second-order valence-electron chi connectivity index (χ2n) is 15.2. The molecule has 1 N–H and O–H groups in total. The Hall–Kier alpha value is -6.99. The number of nitrogens with zero attached hydrogens (tertiary/aromatic N) is 1. The second kappa shape index (κ2) is 14.6. The quantitative estimate of drug-likeness (QED) is 0.182. The molecule has 0 amide bonds. The van der Waals surface area contributed by atoms with Gasteiger partial charge in [0, 0.05) is 34.4 Å². The summed E-state index contributed by atoms with van der Waals surface area (Å²) in [5.74, 6) is 0.449. The fourth-order valence-corrected chi connectivity index (χ4v) is 8.97. The average molecular weight is 731 g/mol. The van der Waals surface area contributed by atoms with Crippen LogP contribution in [-0.2, 0) is 0 Å². The predicted octanol–water partition coefficient (Wildman–Crippen LogP) is 13.8. The first kappa shape index (κ1) is 34.5. The number of rotatable bonds is 5. The maximum atomic E-state index is 5.58. The molecule has 5 aliphatic rings. The van der Waals surface area contributed by atoms with Crippen molar-refractivity contribution in [3.63, 3.8) is 0 Å². The van der Waals surface area contributed by atoms with Crippen LogP contribution in [0.5, 0.6) is 0 Å². The van der Waals surface area contributed by atoms with Gasteiger partial charge >= 0.3 is 0 Å². The van der Waals surface area contributed by atoms with Crippen molar-refractivity contribution in [2.75, 3.05) is 0 Å². The highest BCUT2D eigenvalue weighted by Gasteiger charge is 2.31. The highest BCUT2D eigenvalue weighted by Crippen LogP contribution is 2.47. The van der Waals surface area contributed by atoms with Crippen LogP contribution < -0.4 is 5.32 Å². The van der Waals surface area contributed by atoms with E-state index in [2.05, 4.69) is 207 Å². The SMILES string of the molecule is C/C=C\C1=C(C)C=C(c2ccc(-c3cc(C4=Cc5ccccc5C5C=CC=CC45)nc(-c4cc5ccccc5c5c4C=C=CC=C5)c3)cc2)N/C1=C1/C=CC=CC1. The van der Waals surface area contributed by atoms with E-state index in [4.69, 9.17) is 4.98 Å². The smallest absolute Gasteiger partial charge is 0.0722 e. The van der Waals surface area contributed by atoms with Gasteiger partial charge in [0.1, 0.15) is 0 Å². The van der Waals surface area contributed by atoms with Gasteiger partial charge in [-0.05, 0) is 129 Å². The van der Waals surface area contributed by atoms with Crippen LogP contribution in [-0.4, -0.2) is 4.98 Å². The van der Waals surface area contributed by atoms with Crippen LogP contribution in [0, 0.1) is 5.92 Å². The molecule has 4 aliphatic carbocycles. The van der Waals surface area contributed by atoms with Gasteiger partial charge in [0.2, 0.25) is 0 Å². The molecule has 5 aromatic rings. The van der Waals surface area contributed by atoms with Gasteiger partial charge in [-0.2, -0.15) is 0 Å². The summed E-state index contributed by atoms with van der Waals surface area (Å²) < 4.78 is 0. The Labute approximate surface area is 335 Å². The molecule has 4 aromatic carbocycles. The molecule has 57 heavy (non-hydrogen) atoms. The molecule has 1 aliphatic heterocycles. The highest BCUT2D eigenvalue weighted by atomic mass is 14.9. The summed E-state index contributed by atoms with van der Waals surface area (Å²) in [5.41, 5.74) is 22.2. The third-order valence-electron chi connectivity index (χ3n) is 11.8. The molecule has 272 valence electrons. The number of nitrogens with one attached hydrogen (secondary N) is 1. The maximum Gasteiger partial charge on any atom is 0.0722 e. The molecule has 2 atom stereocenters. The minimum absolute atomic E-state index is 0.188. The third-order valence-corrected chi connectivity index (χ3v) is 11.8. The average Bonchev–Trinajstić information content (AvgIpc) is 3.53. The predicted molar refractivity (Wildman–Crippen MR) is 242 cm³/mol. The van der Waals surface area contributed by atoms with Crippen molar-refractivity contribution in [3.8, 4) is 22.4 Å². The minimum Gasteiger partial charge on any atom is -0.354 e. The molecule has 2 unspecified atom stereocenters. The summed E-state index contributed by atoms with van der Waals surface area (Å²) in [6.45, 7) is 4.29. The molecule has 10 rings (SSSR count). The zero-order valence-corrected chi connectivity index (χ0v) is 32.2. The lowest BCUT2D eigenvalue weighted by atomic mass is 9.72. The summed E-state index contributed by atoms with van der Waals surface area (Å²) in [6.07, 6.45) is 36.1. The molecule has 2 nitrogen and oxygen atoms in total. The Morgan fingerprint density at radius 3 is 2.40 bits per heavy atom. The van der Waals surface area contributed by atoms with Crippen LogP contribution in [0.25, 0.3) is 62.7 Å². The van der Waals surface area contributed by atoms with Gasteiger partial charge in [-0.3, -0.25) is 0 Å². The van der Waals surface area contributed by atoms with Gasteiger partial charge in [0.05, 0.1) is 11.4 Å². The Kier molecular flexibility index (Phi) is 8.83. The fraction of sp³-hybridized carbons (Fsp3) is 0.0909. The Morgan fingerprint density at radius 1 is 0.737 bits per heavy atom. The summed E-state index contributed by atoms with van der Waals surface area (Å²) in [7, 11) is 0. The van der Waals surface area contributed by atoms with Gasteiger partial charge in [-0.15, -0.1) is 5.73 Å². The maximum absolute atomic E-state index is 5.58. The van der Waals surface area contributed by atoms with E-state index in [0.717, 1.165) is 51.3 Å². The molecule has 0 spiro atoms. The molecule has 2 heteroatoms. The zero-order chi connectivity index (χ0) is 38.3. The van der Waals surface area contributed by atoms with Crippen LogP contribution in [0.2, 0.25) is 0 Å². The molecular formula is C55H42N2. The first-order valence-electron chi connectivity index (χ1n) is 20.0. The van der Waals surface area contributed by atoms with E-state index in [1.165, 1.54) is 55.5 Å². The third kappa shape index (κ3) is 6.31. The van der Waals surface area contributed by atoms with Crippen molar-refractivity contribution in [1.29, 1.82) is 0 Å². The lowest BCUT2D eigenvalue weighted by molar-refractivity contribution is 0.706. The van der Waals surface area contributed by atoms with Crippen LogP contribution in [0.3, 0.4) is 0 Å². The van der Waals surface area contributed by atoms with E-state index in [0.29, 0.717) is 0 Å². The van der Waals surface area contributed by atoms with E-state index in [1.807, 2.05) is 6.08 Å². The zero-order valence-electron chi connectivity index (χ0n) is 32.2. The highest BCUT2D eigenvalue weighted by molar-refractivity contribution is 6.00. The van der Waals surface area contributed by atoms with Crippen LogP contribution in [0.1, 0.15) is 59.7 Å². The van der Waals surface area contributed by atoms with E-state index in [9.17, 15) is 0 Å². The van der Waals surface area contributed by atoms with Gasteiger partial charge in [0.15, 0.2) is 0 Å². The summed E-state index contributed by atoms with van der Waals surface area (Å²) in [4.78, 5) is 5.58. The van der Waals surface area contributed by atoms with Crippen molar-refractivity contribution in [2.45, 2.75) is 26.2 Å². The Morgan fingerprint density at radius 2 is 1.54 bits per heavy atom. The monoisotopic (exact) mass is 730 g/mol. The van der Waals surface area contributed by atoms with E-state index < -0.39 is 0 Å². The first-order valence-corrected chi connectivity index (χ1v) is 20.0. The molecule has 0 saturated heterocycles. The number of hydrogen-bond acceptors (Lipinski definition) is 2. The summed E-state index contributed by atoms with van der Waals surface area (Å²) in [6, 6.07) is 33.4. The van der Waals surface area contributed by atoms with Crippen LogP contribution in [0.4, 0.5) is 0 Å². The molecule has 2 heterocycles.